The lowest BCUT2D eigenvalue weighted by Crippen LogP contribution is -2.39. The highest BCUT2D eigenvalue weighted by Gasteiger charge is 2.26. The van der Waals surface area contributed by atoms with E-state index in [0.717, 1.165) is 25.1 Å². The van der Waals surface area contributed by atoms with E-state index in [-0.39, 0.29) is 0 Å². The Morgan fingerprint density at radius 3 is 2.68 bits per heavy atom. The maximum atomic E-state index is 5.17. The zero-order chi connectivity index (χ0) is 13.5. The maximum Gasteiger partial charge on any atom is 0.0589 e. The van der Waals surface area contributed by atoms with Crippen molar-refractivity contribution in [3.8, 4) is 0 Å². The minimum absolute atomic E-state index is 0.783. The summed E-state index contributed by atoms with van der Waals surface area (Å²) in [6.07, 6.45) is 1.36. The van der Waals surface area contributed by atoms with Crippen molar-refractivity contribution in [3.05, 3.63) is 0 Å². The van der Waals surface area contributed by atoms with Gasteiger partial charge in [0.2, 0.25) is 0 Å². The summed E-state index contributed by atoms with van der Waals surface area (Å²) in [7, 11) is 4.12. The Kier molecular flexibility index (Phi) is 7.37. The Bertz CT molecular complexity index is 248. The molecule has 3 nitrogen and oxygen atoms in total. The topological polar surface area (TPSA) is 15.7 Å². The number of hydrogen-bond acceptors (Lipinski definition) is 5. The van der Waals surface area contributed by atoms with Gasteiger partial charge in [0.05, 0.1) is 6.61 Å². The van der Waals surface area contributed by atoms with E-state index in [4.69, 9.17) is 4.74 Å². The number of hydrogen-bond donors (Lipinski definition) is 0. The van der Waals surface area contributed by atoms with Gasteiger partial charge in [0.15, 0.2) is 0 Å². The summed E-state index contributed by atoms with van der Waals surface area (Å²) in [4.78, 5) is 5.18. The van der Waals surface area contributed by atoms with Gasteiger partial charge >= 0.3 is 0 Å². The zero-order valence-electron chi connectivity index (χ0n) is 12.3. The number of likely N-dealkylation sites (tertiary alicyclic amines) is 1. The summed E-state index contributed by atoms with van der Waals surface area (Å²) in [6.45, 7) is 5.77. The molecule has 2 heterocycles. The summed E-state index contributed by atoms with van der Waals surface area (Å²) < 4.78 is 5.17. The lowest BCUT2D eigenvalue weighted by Gasteiger charge is -2.29. The molecule has 5 heteroatoms. The van der Waals surface area contributed by atoms with Crippen molar-refractivity contribution >= 4 is 23.5 Å². The quantitative estimate of drug-likeness (QED) is 0.740. The van der Waals surface area contributed by atoms with Gasteiger partial charge in [0, 0.05) is 55.8 Å². The first-order valence-electron chi connectivity index (χ1n) is 7.36. The van der Waals surface area contributed by atoms with E-state index in [1.807, 2.05) is 0 Å². The molecule has 19 heavy (non-hydrogen) atoms. The van der Waals surface area contributed by atoms with E-state index in [9.17, 15) is 0 Å². The standard InChI is InChI=1S/C14H28N2OS2/c1-15(14-11-18-7-8-19-12-14)9-13-3-4-16(10-13)5-6-17-2/h13-14H,3-12H2,1-2H3. The average molecular weight is 305 g/mol. The first-order valence-corrected chi connectivity index (χ1v) is 9.67. The summed E-state index contributed by atoms with van der Waals surface area (Å²) in [5, 5.41) is 0. The van der Waals surface area contributed by atoms with Crippen LogP contribution < -0.4 is 0 Å². The summed E-state index contributed by atoms with van der Waals surface area (Å²) >= 11 is 4.26. The van der Waals surface area contributed by atoms with Crippen LogP contribution in [0.5, 0.6) is 0 Å². The number of rotatable bonds is 6. The molecule has 112 valence electrons. The molecule has 2 aliphatic rings. The molecule has 1 atom stereocenters. The monoisotopic (exact) mass is 304 g/mol. The van der Waals surface area contributed by atoms with Crippen molar-refractivity contribution in [1.29, 1.82) is 0 Å². The van der Waals surface area contributed by atoms with Crippen LogP contribution in [0, 0.1) is 5.92 Å². The lowest BCUT2D eigenvalue weighted by atomic mass is 10.1. The van der Waals surface area contributed by atoms with Crippen LogP contribution in [0.3, 0.4) is 0 Å². The Morgan fingerprint density at radius 1 is 1.26 bits per heavy atom. The van der Waals surface area contributed by atoms with Crippen molar-refractivity contribution in [2.45, 2.75) is 12.5 Å². The highest BCUT2D eigenvalue weighted by Crippen LogP contribution is 2.22. The van der Waals surface area contributed by atoms with E-state index < -0.39 is 0 Å². The fraction of sp³-hybridized carbons (Fsp3) is 1.00. The van der Waals surface area contributed by atoms with Crippen LogP contribution in [-0.2, 0) is 4.74 Å². The smallest absolute Gasteiger partial charge is 0.0589 e. The summed E-state index contributed by atoms with van der Waals surface area (Å²) in [5.74, 6) is 6.18. The summed E-state index contributed by atoms with van der Waals surface area (Å²) in [6, 6.07) is 0.783. The molecule has 0 spiro atoms. The SMILES string of the molecule is COCCN1CCC(CN(C)C2CSCCSC2)C1. The molecule has 2 saturated heterocycles. The molecule has 0 radical (unpaired) electrons. The van der Waals surface area contributed by atoms with Crippen molar-refractivity contribution in [3.63, 3.8) is 0 Å². The van der Waals surface area contributed by atoms with Gasteiger partial charge < -0.3 is 14.5 Å². The van der Waals surface area contributed by atoms with Crippen LogP contribution in [0.15, 0.2) is 0 Å². The molecule has 2 fully saturated rings. The van der Waals surface area contributed by atoms with Crippen LogP contribution in [-0.4, -0.2) is 85.8 Å². The van der Waals surface area contributed by atoms with Crippen LogP contribution in [0.1, 0.15) is 6.42 Å². The number of methoxy groups -OCH3 is 1. The van der Waals surface area contributed by atoms with Crippen molar-refractivity contribution in [2.24, 2.45) is 5.92 Å². The Labute approximate surface area is 126 Å². The average Bonchev–Trinajstić information content (AvgIpc) is 2.68. The molecule has 2 rings (SSSR count). The fourth-order valence-corrected chi connectivity index (χ4v) is 5.62. The first-order chi connectivity index (χ1) is 9.29. The van der Waals surface area contributed by atoms with Crippen LogP contribution in [0.4, 0.5) is 0 Å². The van der Waals surface area contributed by atoms with Crippen molar-refractivity contribution < 1.29 is 4.74 Å². The molecule has 0 saturated carbocycles. The van der Waals surface area contributed by atoms with Gasteiger partial charge in [0.25, 0.3) is 0 Å². The third kappa shape index (κ3) is 5.46. The highest BCUT2D eigenvalue weighted by molar-refractivity contribution is 8.03. The largest absolute Gasteiger partial charge is 0.383 e. The fourth-order valence-electron chi connectivity index (χ4n) is 2.90. The van der Waals surface area contributed by atoms with Gasteiger partial charge in [-0.05, 0) is 25.9 Å². The molecule has 2 aliphatic heterocycles. The predicted molar refractivity (Wildman–Crippen MR) is 87.5 cm³/mol. The third-order valence-electron chi connectivity index (χ3n) is 4.14. The van der Waals surface area contributed by atoms with E-state index in [0.29, 0.717) is 0 Å². The molecular formula is C14H28N2OS2. The molecule has 0 aromatic rings. The minimum Gasteiger partial charge on any atom is -0.383 e. The maximum absolute atomic E-state index is 5.17. The van der Waals surface area contributed by atoms with Gasteiger partial charge in [-0.2, -0.15) is 23.5 Å². The second-order valence-electron chi connectivity index (χ2n) is 5.69. The van der Waals surface area contributed by atoms with Gasteiger partial charge in [-0.25, -0.2) is 0 Å². The Morgan fingerprint density at radius 2 is 2.00 bits per heavy atom. The molecule has 0 bridgehead atoms. The Balaban J connectivity index is 1.68. The molecule has 0 aromatic carbocycles. The predicted octanol–water partition coefficient (Wildman–Crippen LogP) is 1.74. The number of nitrogens with zero attached hydrogens (tertiary/aromatic N) is 2. The van der Waals surface area contributed by atoms with Gasteiger partial charge in [0.1, 0.15) is 0 Å². The molecular weight excluding hydrogens is 276 g/mol. The molecule has 1 unspecified atom stereocenters. The van der Waals surface area contributed by atoms with Gasteiger partial charge in [-0.1, -0.05) is 0 Å². The van der Waals surface area contributed by atoms with Crippen LogP contribution >= 0.6 is 23.5 Å². The number of ether oxygens (including phenoxy) is 1. The summed E-state index contributed by atoms with van der Waals surface area (Å²) in [5.41, 5.74) is 0. The highest BCUT2D eigenvalue weighted by atomic mass is 32.2. The van der Waals surface area contributed by atoms with E-state index in [1.165, 1.54) is 49.1 Å². The van der Waals surface area contributed by atoms with Crippen molar-refractivity contribution in [2.75, 3.05) is 70.0 Å². The normalized spacial score (nSPS) is 27.0. The molecule has 0 amide bonds. The molecule has 0 N–H and O–H groups in total. The van der Waals surface area contributed by atoms with E-state index in [1.54, 1.807) is 7.11 Å². The number of thioether (sulfide) groups is 2. The zero-order valence-corrected chi connectivity index (χ0v) is 14.0. The van der Waals surface area contributed by atoms with Crippen LogP contribution in [0.2, 0.25) is 0 Å². The second kappa shape index (κ2) is 8.78. The lowest BCUT2D eigenvalue weighted by molar-refractivity contribution is 0.156. The van der Waals surface area contributed by atoms with Crippen molar-refractivity contribution in [1.82, 2.24) is 9.80 Å². The minimum atomic E-state index is 0.783. The van der Waals surface area contributed by atoms with Gasteiger partial charge in [-0.15, -0.1) is 0 Å². The third-order valence-corrected chi connectivity index (χ3v) is 6.63. The molecule has 0 aliphatic carbocycles. The van der Waals surface area contributed by atoms with E-state index in [2.05, 4.69) is 40.4 Å². The van der Waals surface area contributed by atoms with E-state index >= 15 is 0 Å². The van der Waals surface area contributed by atoms with Gasteiger partial charge in [-0.3, -0.25) is 0 Å². The second-order valence-corrected chi connectivity index (χ2v) is 7.99. The van der Waals surface area contributed by atoms with Crippen LogP contribution in [0.25, 0.3) is 0 Å². The molecule has 0 aromatic heterocycles. The first kappa shape index (κ1) is 16.0. The Hall–Kier alpha value is 0.580.